The summed E-state index contributed by atoms with van der Waals surface area (Å²) in [6.07, 6.45) is 0. The summed E-state index contributed by atoms with van der Waals surface area (Å²) in [7, 11) is 0. The maximum Gasteiger partial charge on any atom is 0.0540 e. The molecule has 1 heteroatoms. The number of nitrogens with zero attached hydrogens (tertiary/aromatic N) is 1. The molecule has 0 N–H and O–H groups in total. The van der Waals surface area contributed by atoms with E-state index < -0.39 is 0 Å². The SMILES string of the molecule is CC1(C)c2ccccc2-c2ccc(N(c3cccc4c3C(C)(C)c3ccccc3-4)c3cccc4ccccc34)cc21. The molecule has 0 fully saturated rings. The zero-order valence-electron chi connectivity index (χ0n) is 24.1. The van der Waals surface area contributed by atoms with Crippen LogP contribution in [0, 0.1) is 0 Å². The first-order chi connectivity index (χ1) is 19.9. The van der Waals surface area contributed by atoms with E-state index in [2.05, 4.69) is 160 Å². The molecule has 0 aromatic heterocycles. The normalized spacial score (nSPS) is 15.2. The Morgan fingerprint density at radius 3 is 1.80 bits per heavy atom. The Morgan fingerprint density at radius 1 is 0.439 bits per heavy atom. The highest BCUT2D eigenvalue weighted by atomic mass is 15.1. The number of hydrogen-bond acceptors (Lipinski definition) is 1. The topological polar surface area (TPSA) is 3.24 Å². The van der Waals surface area contributed by atoms with Crippen LogP contribution in [0.25, 0.3) is 33.0 Å². The van der Waals surface area contributed by atoms with Crippen molar-refractivity contribution in [2.75, 3.05) is 4.90 Å². The maximum absolute atomic E-state index is 2.52. The lowest BCUT2D eigenvalue weighted by Gasteiger charge is -2.33. The van der Waals surface area contributed by atoms with Crippen molar-refractivity contribution in [3.05, 3.63) is 150 Å². The summed E-state index contributed by atoms with van der Waals surface area (Å²) in [6, 6.07) is 47.3. The fourth-order valence-corrected chi connectivity index (χ4v) is 7.65. The fraction of sp³-hybridized carbons (Fsp3) is 0.150. The molecule has 41 heavy (non-hydrogen) atoms. The molecular formula is C40H33N. The molecule has 0 unspecified atom stereocenters. The molecule has 2 aliphatic carbocycles. The summed E-state index contributed by atoms with van der Waals surface area (Å²) < 4.78 is 0. The van der Waals surface area contributed by atoms with Crippen molar-refractivity contribution in [2.45, 2.75) is 38.5 Å². The van der Waals surface area contributed by atoms with E-state index in [1.54, 1.807) is 0 Å². The minimum atomic E-state index is -0.127. The van der Waals surface area contributed by atoms with Gasteiger partial charge in [-0.05, 0) is 74.2 Å². The average molecular weight is 528 g/mol. The second-order valence-electron chi connectivity index (χ2n) is 12.6. The Balaban J connectivity index is 1.43. The Kier molecular flexibility index (Phi) is 4.98. The van der Waals surface area contributed by atoms with Gasteiger partial charge in [-0.1, -0.05) is 131 Å². The van der Waals surface area contributed by atoms with E-state index >= 15 is 0 Å². The maximum atomic E-state index is 2.52. The lowest BCUT2D eigenvalue weighted by molar-refractivity contribution is 0.658. The van der Waals surface area contributed by atoms with Crippen LogP contribution in [-0.4, -0.2) is 0 Å². The monoisotopic (exact) mass is 527 g/mol. The number of fused-ring (bicyclic) bond motifs is 7. The van der Waals surface area contributed by atoms with Crippen LogP contribution in [0.3, 0.4) is 0 Å². The minimum absolute atomic E-state index is 0.0689. The van der Waals surface area contributed by atoms with Gasteiger partial charge in [-0.15, -0.1) is 0 Å². The molecular weight excluding hydrogens is 494 g/mol. The Bertz CT molecular complexity index is 2000. The van der Waals surface area contributed by atoms with Crippen LogP contribution in [0.1, 0.15) is 49.9 Å². The predicted octanol–water partition coefficient (Wildman–Crippen LogP) is 10.9. The van der Waals surface area contributed by atoms with Gasteiger partial charge in [-0.25, -0.2) is 0 Å². The van der Waals surface area contributed by atoms with E-state index in [1.165, 1.54) is 72.3 Å². The largest absolute Gasteiger partial charge is 0.310 e. The molecule has 0 saturated heterocycles. The molecule has 0 spiro atoms. The van der Waals surface area contributed by atoms with E-state index in [9.17, 15) is 0 Å². The van der Waals surface area contributed by atoms with Gasteiger partial charge in [-0.3, -0.25) is 0 Å². The van der Waals surface area contributed by atoms with Gasteiger partial charge in [0.1, 0.15) is 0 Å². The Labute approximate surface area is 242 Å². The molecule has 1 nitrogen and oxygen atoms in total. The van der Waals surface area contributed by atoms with Gasteiger partial charge < -0.3 is 4.90 Å². The molecule has 0 atom stereocenters. The highest BCUT2D eigenvalue weighted by molar-refractivity contribution is 6.01. The van der Waals surface area contributed by atoms with E-state index in [4.69, 9.17) is 0 Å². The second kappa shape index (κ2) is 8.44. The minimum Gasteiger partial charge on any atom is -0.310 e. The number of rotatable bonds is 3. The summed E-state index contributed by atoms with van der Waals surface area (Å²) in [5.41, 5.74) is 14.4. The van der Waals surface area contributed by atoms with Crippen LogP contribution in [0.4, 0.5) is 17.1 Å². The van der Waals surface area contributed by atoms with Crippen LogP contribution in [0.15, 0.2) is 127 Å². The van der Waals surface area contributed by atoms with Gasteiger partial charge >= 0.3 is 0 Å². The molecule has 0 radical (unpaired) electrons. The smallest absolute Gasteiger partial charge is 0.0540 e. The van der Waals surface area contributed by atoms with E-state index in [1.807, 2.05) is 0 Å². The average Bonchev–Trinajstić information content (AvgIpc) is 3.38. The lowest BCUT2D eigenvalue weighted by Crippen LogP contribution is -2.21. The molecule has 6 aromatic carbocycles. The van der Waals surface area contributed by atoms with Crippen LogP contribution in [-0.2, 0) is 10.8 Å². The fourth-order valence-electron chi connectivity index (χ4n) is 7.65. The molecule has 6 aromatic rings. The van der Waals surface area contributed by atoms with Crippen LogP contribution in [0.5, 0.6) is 0 Å². The molecule has 0 bridgehead atoms. The van der Waals surface area contributed by atoms with Crippen molar-refractivity contribution in [2.24, 2.45) is 0 Å². The van der Waals surface area contributed by atoms with E-state index in [-0.39, 0.29) is 10.8 Å². The quantitative estimate of drug-likeness (QED) is 0.221. The van der Waals surface area contributed by atoms with E-state index in [0.29, 0.717) is 0 Å². The van der Waals surface area contributed by atoms with Gasteiger partial charge in [-0.2, -0.15) is 0 Å². The Hall–Kier alpha value is -4.62. The highest BCUT2D eigenvalue weighted by Gasteiger charge is 2.40. The molecule has 2 aliphatic rings. The van der Waals surface area contributed by atoms with Crippen molar-refractivity contribution in [1.29, 1.82) is 0 Å². The van der Waals surface area contributed by atoms with Gasteiger partial charge in [0.15, 0.2) is 0 Å². The Morgan fingerprint density at radius 2 is 1.00 bits per heavy atom. The summed E-state index contributed by atoms with van der Waals surface area (Å²) in [4.78, 5) is 2.52. The summed E-state index contributed by atoms with van der Waals surface area (Å²) in [5, 5.41) is 2.50. The lowest BCUT2D eigenvalue weighted by atomic mass is 9.81. The van der Waals surface area contributed by atoms with Crippen molar-refractivity contribution in [3.63, 3.8) is 0 Å². The van der Waals surface area contributed by atoms with Crippen molar-refractivity contribution in [3.8, 4) is 22.3 Å². The van der Waals surface area contributed by atoms with Gasteiger partial charge in [0.05, 0.1) is 11.4 Å². The predicted molar refractivity (Wildman–Crippen MR) is 174 cm³/mol. The van der Waals surface area contributed by atoms with Gasteiger partial charge in [0, 0.05) is 21.9 Å². The second-order valence-corrected chi connectivity index (χ2v) is 12.6. The standard InChI is InChI=1S/C40H33N/c1-39(2)33-19-9-7-16-29(33)31-24-23-27(25-35(31)39)41(36-21-11-14-26-13-5-6-15-28(26)36)37-22-12-18-32-30-17-8-10-20-34(30)40(3,4)38(32)37/h5-25H,1-4H3. The van der Waals surface area contributed by atoms with Crippen LogP contribution < -0.4 is 4.90 Å². The zero-order chi connectivity index (χ0) is 27.9. The first kappa shape index (κ1) is 24.2. The van der Waals surface area contributed by atoms with Crippen molar-refractivity contribution >= 4 is 27.8 Å². The van der Waals surface area contributed by atoms with Crippen LogP contribution >= 0.6 is 0 Å². The summed E-state index contributed by atoms with van der Waals surface area (Å²) in [5.74, 6) is 0. The number of hydrogen-bond donors (Lipinski definition) is 0. The third kappa shape index (κ3) is 3.29. The molecule has 0 saturated carbocycles. The van der Waals surface area contributed by atoms with Gasteiger partial charge in [0.2, 0.25) is 0 Å². The summed E-state index contributed by atoms with van der Waals surface area (Å²) in [6.45, 7) is 9.49. The van der Waals surface area contributed by atoms with Gasteiger partial charge in [0.25, 0.3) is 0 Å². The molecule has 198 valence electrons. The number of anilines is 3. The van der Waals surface area contributed by atoms with Crippen molar-refractivity contribution in [1.82, 2.24) is 0 Å². The zero-order valence-corrected chi connectivity index (χ0v) is 24.1. The number of benzene rings is 6. The van der Waals surface area contributed by atoms with Crippen molar-refractivity contribution < 1.29 is 0 Å². The van der Waals surface area contributed by atoms with Crippen LogP contribution in [0.2, 0.25) is 0 Å². The molecule has 8 rings (SSSR count). The highest BCUT2D eigenvalue weighted by Crippen LogP contribution is 2.56. The first-order valence-corrected chi connectivity index (χ1v) is 14.6. The molecule has 0 aliphatic heterocycles. The molecule has 0 amide bonds. The first-order valence-electron chi connectivity index (χ1n) is 14.6. The van der Waals surface area contributed by atoms with E-state index in [0.717, 1.165) is 0 Å². The summed E-state index contributed by atoms with van der Waals surface area (Å²) >= 11 is 0. The third-order valence-electron chi connectivity index (χ3n) is 9.63. The third-order valence-corrected chi connectivity index (χ3v) is 9.63. The molecule has 0 heterocycles.